The van der Waals surface area contributed by atoms with E-state index in [9.17, 15) is 9.59 Å². The molecule has 0 radical (unpaired) electrons. The first-order valence-corrected chi connectivity index (χ1v) is 8.59. The molecule has 1 aliphatic carbocycles. The topological polar surface area (TPSA) is 66.4 Å². The zero-order chi connectivity index (χ0) is 16.2. The minimum Gasteiger partial charge on any atom is -0.477 e. The van der Waals surface area contributed by atoms with Gasteiger partial charge in [-0.2, -0.15) is 0 Å². The number of hydrogen-bond acceptors (Lipinski definition) is 3. The predicted molar refractivity (Wildman–Crippen MR) is 89.7 cm³/mol. The number of carboxylic acids is 1. The highest BCUT2D eigenvalue weighted by atomic mass is 32.1. The van der Waals surface area contributed by atoms with E-state index in [2.05, 4.69) is 29.6 Å². The van der Waals surface area contributed by atoms with Crippen LogP contribution in [0.2, 0.25) is 0 Å². The van der Waals surface area contributed by atoms with Crippen molar-refractivity contribution in [2.24, 2.45) is 5.92 Å². The number of thiophene rings is 1. The molecular formula is C18H19NO3S. The van der Waals surface area contributed by atoms with Crippen molar-refractivity contribution in [2.45, 2.75) is 32.2 Å². The first-order chi connectivity index (χ1) is 11.1. The molecule has 0 aliphatic heterocycles. The van der Waals surface area contributed by atoms with E-state index in [0.29, 0.717) is 23.8 Å². The van der Waals surface area contributed by atoms with Gasteiger partial charge in [-0.05, 0) is 48.4 Å². The predicted octanol–water partition coefficient (Wildman–Crippen LogP) is 3.26. The molecule has 4 nitrogen and oxygen atoms in total. The molecule has 0 saturated heterocycles. The van der Waals surface area contributed by atoms with Crippen LogP contribution in [-0.4, -0.2) is 17.0 Å². The number of aromatic carboxylic acids is 1. The van der Waals surface area contributed by atoms with Crippen LogP contribution in [0, 0.1) is 5.92 Å². The summed E-state index contributed by atoms with van der Waals surface area (Å²) in [6, 6.07) is 11.8. The van der Waals surface area contributed by atoms with Crippen LogP contribution in [0.25, 0.3) is 0 Å². The molecule has 120 valence electrons. The zero-order valence-electron chi connectivity index (χ0n) is 12.7. The van der Waals surface area contributed by atoms with E-state index in [0.717, 1.165) is 24.1 Å². The number of amides is 1. The van der Waals surface area contributed by atoms with Crippen LogP contribution in [0.4, 0.5) is 0 Å². The van der Waals surface area contributed by atoms with E-state index in [-0.39, 0.29) is 5.91 Å². The molecule has 1 amide bonds. The van der Waals surface area contributed by atoms with Crippen LogP contribution in [-0.2, 0) is 24.2 Å². The van der Waals surface area contributed by atoms with Crippen molar-refractivity contribution in [3.63, 3.8) is 0 Å². The Morgan fingerprint density at radius 3 is 2.70 bits per heavy atom. The van der Waals surface area contributed by atoms with Crippen molar-refractivity contribution >= 4 is 23.2 Å². The van der Waals surface area contributed by atoms with Crippen LogP contribution in [0.1, 0.15) is 38.5 Å². The quantitative estimate of drug-likeness (QED) is 0.885. The van der Waals surface area contributed by atoms with Crippen molar-refractivity contribution in [1.82, 2.24) is 5.32 Å². The van der Waals surface area contributed by atoms with E-state index < -0.39 is 5.97 Å². The highest BCUT2D eigenvalue weighted by Crippen LogP contribution is 2.27. The number of carbonyl (C=O) groups is 2. The van der Waals surface area contributed by atoms with E-state index in [1.165, 1.54) is 22.5 Å². The summed E-state index contributed by atoms with van der Waals surface area (Å²) >= 11 is 1.21. The minimum atomic E-state index is -0.923. The van der Waals surface area contributed by atoms with Crippen molar-refractivity contribution in [2.75, 3.05) is 0 Å². The van der Waals surface area contributed by atoms with Gasteiger partial charge in [-0.25, -0.2) is 4.79 Å². The number of carbonyl (C=O) groups excluding carboxylic acids is 1. The van der Waals surface area contributed by atoms with Crippen LogP contribution in [0.5, 0.6) is 0 Å². The largest absolute Gasteiger partial charge is 0.477 e. The molecule has 1 aliphatic rings. The Morgan fingerprint density at radius 1 is 1.17 bits per heavy atom. The lowest BCUT2D eigenvalue weighted by atomic mass is 9.82. The Balaban J connectivity index is 1.49. The summed E-state index contributed by atoms with van der Waals surface area (Å²) in [6.45, 7) is 0.403. The molecule has 2 aromatic rings. The highest BCUT2D eigenvalue weighted by molar-refractivity contribution is 7.13. The summed E-state index contributed by atoms with van der Waals surface area (Å²) in [6.07, 6.45) is 3.59. The third-order valence-corrected chi connectivity index (χ3v) is 5.33. The van der Waals surface area contributed by atoms with E-state index in [4.69, 9.17) is 5.11 Å². The molecule has 23 heavy (non-hydrogen) atoms. The molecule has 2 N–H and O–H groups in total. The van der Waals surface area contributed by atoms with Gasteiger partial charge in [0.2, 0.25) is 5.91 Å². The van der Waals surface area contributed by atoms with Gasteiger partial charge in [-0.1, -0.05) is 24.3 Å². The Bertz CT molecular complexity index is 723. The van der Waals surface area contributed by atoms with E-state index in [1.807, 2.05) is 0 Å². The van der Waals surface area contributed by atoms with Crippen LogP contribution >= 0.6 is 11.3 Å². The maximum absolute atomic E-state index is 12.1. The molecule has 3 rings (SSSR count). The van der Waals surface area contributed by atoms with Crippen molar-refractivity contribution < 1.29 is 14.7 Å². The standard InChI is InChI=1S/C18H19NO3S/c20-17(19-11-15-7-8-16(23-15)18(21)22)10-12-5-6-13-3-1-2-4-14(13)9-12/h1-4,7-8,12H,5-6,9-11H2,(H,19,20)(H,21,22). The number of aryl methyl sites for hydroxylation is 1. The third kappa shape index (κ3) is 3.99. The van der Waals surface area contributed by atoms with E-state index >= 15 is 0 Å². The average Bonchev–Trinajstić information content (AvgIpc) is 3.02. The zero-order valence-corrected chi connectivity index (χ0v) is 13.6. The monoisotopic (exact) mass is 329 g/mol. The number of nitrogens with one attached hydrogen (secondary N) is 1. The van der Waals surface area contributed by atoms with Crippen LogP contribution in [0.15, 0.2) is 36.4 Å². The Morgan fingerprint density at radius 2 is 1.96 bits per heavy atom. The Hall–Kier alpha value is -2.14. The fraction of sp³-hybridized carbons (Fsp3) is 0.333. The summed E-state index contributed by atoms with van der Waals surface area (Å²) in [5.74, 6) is -0.490. The second kappa shape index (κ2) is 6.96. The van der Waals surface area contributed by atoms with E-state index in [1.54, 1.807) is 12.1 Å². The van der Waals surface area contributed by atoms with Gasteiger partial charge in [0.1, 0.15) is 4.88 Å². The second-order valence-electron chi connectivity index (χ2n) is 5.93. The Labute approximate surface area is 139 Å². The van der Waals surface area contributed by atoms with Crippen molar-refractivity contribution in [3.05, 3.63) is 57.3 Å². The molecule has 1 aromatic heterocycles. The van der Waals surface area contributed by atoms with Gasteiger partial charge < -0.3 is 10.4 Å². The van der Waals surface area contributed by atoms with Gasteiger partial charge in [0.05, 0.1) is 6.54 Å². The van der Waals surface area contributed by atoms with Crippen LogP contribution < -0.4 is 5.32 Å². The smallest absolute Gasteiger partial charge is 0.345 e. The molecule has 1 heterocycles. The lowest BCUT2D eigenvalue weighted by Gasteiger charge is -2.24. The summed E-state index contributed by atoms with van der Waals surface area (Å²) < 4.78 is 0. The number of fused-ring (bicyclic) bond motifs is 1. The van der Waals surface area contributed by atoms with Gasteiger partial charge in [0, 0.05) is 11.3 Å². The SMILES string of the molecule is O=C(CC1CCc2ccccc2C1)NCc1ccc(C(=O)O)s1. The molecule has 1 unspecified atom stereocenters. The fourth-order valence-electron chi connectivity index (χ4n) is 3.06. The van der Waals surface area contributed by atoms with Crippen molar-refractivity contribution in [1.29, 1.82) is 0 Å². The molecule has 0 saturated carbocycles. The molecule has 1 atom stereocenters. The molecule has 1 aromatic carbocycles. The molecule has 0 bridgehead atoms. The lowest BCUT2D eigenvalue weighted by Crippen LogP contribution is -2.27. The summed E-state index contributed by atoms with van der Waals surface area (Å²) in [5, 5.41) is 11.8. The molecule has 0 fully saturated rings. The normalized spacial score (nSPS) is 16.6. The number of rotatable bonds is 5. The number of carboxylic acid groups (broad SMARTS) is 1. The third-order valence-electron chi connectivity index (χ3n) is 4.26. The average molecular weight is 329 g/mol. The maximum atomic E-state index is 12.1. The van der Waals surface area contributed by atoms with Gasteiger partial charge >= 0.3 is 5.97 Å². The Kier molecular flexibility index (Phi) is 4.76. The first kappa shape index (κ1) is 15.7. The van der Waals surface area contributed by atoms with Crippen molar-refractivity contribution in [3.8, 4) is 0 Å². The number of hydrogen-bond donors (Lipinski definition) is 2. The molecule has 0 spiro atoms. The second-order valence-corrected chi connectivity index (χ2v) is 7.10. The van der Waals surface area contributed by atoms with Crippen LogP contribution in [0.3, 0.4) is 0 Å². The maximum Gasteiger partial charge on any atom is 0.345 e. The highest BCUT2D eigenvalue weighted by Gasteiger charge is 2.20. The van der Waals surface area contributed by atoms with Gasteiger partial charge in [-0.3, -0.25) is 4.79 Å². The minimum absolute atomic E-state index is 0.0413. The van der Waals surface area contributed by atoms with Gasteiger partial charge in [-0.15, -0.1) is 11.3 Å². The van der Waals surface area contributed by atoms with Gasteiger partial charge in [0.15, 0.2) is 0 Å². The summed E-state index contributed by atoms with van der Waals surface area (Å²) in [4.78, 5) is 24.1. The summed E-state index contributed by atoms with van der Waals surface area (Å²) in [5.41, 5.74) is 2.77. The van der Waals surface area contributed by atoms with Gasteiger partial charge in [0.25, 0.3) is 0 Å². The lowest BCUT2D eigenvalue weighted by molar-refractivity contribution is -0.122. The number of benzene rings is 1. The molecule has 5 heteroatoms. The fourth-order valence-corrected chi connectivity index (χ4v) is 3.84. The molecular weight excluding hydrogens is 310 g/mol. The first-order valence-electron chi connectivity index (χ1n) is 7.77. The summed E-state index contributed by atoms with van der Waals surface area (Å²) in [7, 11) is 0.